The third-order valence-corrected chi connectivity index (χ3v) is 6.59. The first-order valence-electron chi connectivity index (χ1n) is 9.41. The van der Waals surface area contributed by atoms with Crippen LogP contribution < -0.4 is 5.32 Å². The topological polar surface area (TPSA) is 36.9 Å². The molecule has 1 fully saturated rings. The van der Waals surface area contributed by atoms with Crippen LogP contribution in [0.2, 0.25) is 5.02 Å². The second-order valence-electron chi connectivity index (χ2n) is 7.02. The molecule has 0 atom stereocenters. The van der Waals surface area contributed by atoms with E-state index < -0.39 is 0 Å². The molecule has 2 heterocycles. The van der Waals surface area contributed by atoms with E-state index >= 15 is 0 Å². The molecular weight excluding hydrogens is 505 g/mol. The Morgan fingerprint density at radius 2 is 2.00 bits per heavy atom. The number of thiophene rings is 1. The molecule has 1 aromatic carbocycles. The second-order valence-corrected chi connectivity index (χ2v) is 8.46. The van der Waals surface area contributed by atoms with Crippen molar-refractivity contribution in [1.82, 2.24) is 10.2 Å². The summed E-state index contributed by atoms with van der Waals surface area (Å²) in [6.07, 6.45) is 2.94. The molecule has 1 aliphatic heterocycles. The predicted molar refractivity (Wildman–Crippen MR) is 131 cm³/mol. The summed E-state index contributed by atoms with van der Waals surface area (Å²) in [7, 11) is 3.94. The molecule has 0 saturated carbocycles. The minimum absolute atomic E-state index is 0. The third kappa shape index (κ3) is 5.84. The predicted octanol–water partition coefficient (Wildman–Crippen LogP) is 4.82. The Morgan fingerprint density at radius 1 is 1.25 bits per heavy atom. The Kier molecular flexibility index (Phi) is 9.53. The molecule has 7 heteroatoms. The molecule has 0 amide bonds. The lowest BCUT2D eigenvalue weighted by Crippen LogP contribution is -2.48. The average molecular weight is 534 g/mol. The zero-order chi connectivity index (χ0) is 19.1. The molecule has 1 saturated heterocycles. The SMILES string of the molecule is CN=C(NCC1(c2ccccc2Cl)CCOCC1)N(C)CCc1cccs1.I. The van der Waals surface area contributed by atoms with E-state index in [2.05, 4.69) is 51.9 Å². The highest BCUT2D eigenvalue weighted by Gasteiger charge is 2.36. The number of hydrogen-bond acceptors (Lipinski definition) is 3. The van der Waals surface area contributed by atoms with Gasteiger partial charge >= 0.3 is 0 Å². The van der Waals surface area contributed by atoms with Gasteiger partial charge in [-0.25, -0.2) is 0 Å². The Labute approximate surface area is 194 Å². The third-order valence-electron chi connectivity index (χ3n) is 5.33. The lowest BCUT2D eigenvalue weighted by atomic mass is 9.74. The number of benzene rings is 1. The van der Waals surface area contributed by atoms with Gasteiger partial charge in [0.2, 0.25) is 0 Å². The molecule has 1 N–H and O–H groups in total. The summed E-state index contributed by atoms with van der Waals surface area (Å²) in [6, 6.07) is 12.5. The lowest BCUT2D eigenvalue weighted by molar-refractivity contribution is 0.0512. The molecule has 28 heavy (non-hydrogen) atoms. The molecule has 1 aromatic heterocycles. The number of guanidine groups is 1. The van der Waals surface area contributed by atoms with Gasteiger partial charge in [-0.1, -0.05) is 35.9 Å². The van der Waals surface area contributed by atoms with Crippen molar-refractivity contribution in [2.75, 3.05) is 40.4 Å². The van der Waals surface area contributed by atoms with E-state index in [1.807, 2.05) is 19.2 Å². The van der Waals surface area contributed by atoms with Crippen LogP contribution in [-0.2, 0) is 16.6 Å². The van der Waals surface area contributed by atoms with Crippen LogP contribution in [0.4, 0.5) is 0 Å². The van der Waals surface area contributed by atoms with E-state index in [0.29, 0.717) is 0 Å². The van der Waals surface area contributed by atoms with E-state index in [9.17, 15) is 0 Å². The van der Waals surface area contributed by atoms with Gasteiger partial charge in [0.15, 0.2) is 5.96 Å². The molecule has 1 aliphatic rings. The minimum Gasteiger partial charge on any atom is -0.381 e. The number of nitrogens with zero attached hydrogens (tertiary/aromatic N) is 2. The monoisotopic (exact) mass is 533 g/mol. The van der Waals surface area contributed by atoms with Crippen molar-refractivity contribution in [1.29, 1.82) is 0 Å². The van der Waals surface area contributed by atoms with Gasteiger partial charge in [-0.2, -0.15) is 0 Å². The smallest absolute Gasteiger partial charge is 0.193 e. The summed E-state index contributed by atoms with van der Waals surface area (Å²) < 4.78 is 5.64. The van der Waals surface area contributed by atoms with Gasteiger partial charge < -0.3 is 15.0 Å². The van der Waals surface area contributed by atoms with Gasteiger partial charge in [-0.15, -0.1) is 35.3 Å². The molecule has 0 radical (unpaired) electrons. The number of nitrogens with one attached hydrogen (secondary N) is 1. The van der Waals surface area contributed by atoms with E-state index in [4.69, 9.17) is 16.3 Å². The molecule has 0 bridgehead atoms. The van der Waals surface area contributed by atoms with Crippen LogP contribution in [0, 0.1) is 0 Å². The van der Waals surface area contributed by atoms with Crippen LogP contribution in [0.1, 0.15) is 23.3 Å². The van der Waals surface area contributed by atoms with E-state index in [0.717, 1.165) is 56.5 Å². The summed E-state index contributed by atoms with van der Waals surface area (Å²) in [5.74, 6) is 0.921. The highest BCUT2D eigenvalue weighted by atomic mass is 127. The van der Waals surface area contributed by atoms with Crippen LogP contribution in [0.3, 0.4) is 0 Å². The van der Waals surface area contributed by atoms with Crippen LogP contribution in [0.15, 0.2) is 46.8 Å². The van der Waals surface area contributed by atoms with Crippen molar-refractivity contribution >= 4 is 52.9 Å². The van der Waals surface area contributed by atoms with Gasteiger partial charge in [0, 0.05) is 55.7 Å². The fourth-order valence-corrected chi connectivity index (χ4v) is 4.70. The van der Waals surface area contributed by atoms with E-state index in [1.54, 1.807) is 11.3 Å². The van der Waals surface area contributed by atoms with Crippen molar-refractivity contribution < 1.29 is 4.74 Å². The van der Waals surface area contributed by atoms with Crippen molar-refractivity contribution in [3.63, 3.8) is 0 Å². The maximum Gasteiger partial charge on any atom is 0.193 e. The summed E-state index contributed by atoms with van der Waals surface area (Å²) in [4.78, 5) is 8.08. The van der Waals surface area contributed by atoms with Crippen molar-refractivity contribution in [3.8, 4) is 0 Å². The van der Waals surface area contributed by atoms with Gasteiger partial charge in [-0.05, 0) is 42.3 Å². The normalized spacial score (nSPS) is 16.3. The van der Waals surface area contributed by atoms with E-state index in [1.165, 1.54) is 10.4 Å². The van der Waals surface area contributed by atoms with Gasteiger partial charge in [0.1, 0.15) is 0 Å². The van der Waals surface area contributed by atoms with Crippen LogP contribution in [-0.4, -0.2) is 51.3 Å². The van der Waals surface area contributed by atoms with Gasteiger partial charge in [0.25, 0.3) is 0 Å². The molecule has 154 valence electrons. The fourth-order valence-electron chi connectivity index (χ4n) is 3.67. The molecule has 0 unspecified atom stereocenters. The maximum atomic E-state index is 6.56. The average Bonchev–Trinajstić information content (AvgIpc) is 3.21. The number of aliphatic imine (C=N–C) groups is 1. The van der Waals surface area contributed by atoms with Crippen LogP contribution >= 0.6 is 46.9 Å². The highest BCUT2D eigenvalue weighted by molar-refractivity contribution is 14.0. The Morgan fingerprint density at radius 3 is 2.64 bits per heavy atom. The van der Waals surface area contributed by atoms with Gasteiger partial charge in [-0.3, -0.25) is 4.99 Å². The molecule has 2 aromatic rings. The lowest BCUT2D eigenvalue weighted by Gasteiger charge is -2.39. The summed E-state index contributed by atoms with van der Waals surface area (Å²) in [5.41, 5.74) is 1.18. The number of halogens is 2. The summed E-state index contributed by atoms with van der Waals surface area (Å²) in [6.45, 7) is 3.26. The molecule has 0 aliphatic carbocycles. The standard InChI is InChI=1S/C21H28ClN3OS.HI/c1-23-20(25(2)12-9-17-6-5-15-27-17)24-16-21(10-13-26-14-11-21)18-7-3-4-8-19(18)22;/h3-8,15H,9-14,16H2,1-2H3,(H,23,24);1H. The number of rotatable bonds is 6. The van der Waals surface area contributed by atoms with Gasteiger partial charge in [0.05, 0.1) is 0 Å². The minimum atomic E-state index is -0.0267. The number of likely N-dealkylation sites (N-methyl/N-ethyl adjacent to an activating group) is 1. The quantitative estimate of drug-likeness (QED) is 0.329. The van der Waals surface area contributed by atoms with Crippen LogP contribution in [0.5, 0.6) is 0 Å². The van der Waals surface area contributed by atoms with Crippen molar-refractivity contribution in [3.05, 3.63) is 57.2 Å². The second kappa shape index (κ2) is 11.4. The maximum absolute atomic E-state index is 6.56. The Hall–Kier alpha value is -0.830. The number of ether oxygens (including phenoxy) is 1. The molecule has 4 nitrogen and oxygen atoms in total. The van der Waals surface area contributed by atoms with E-state index in [-0.39, 0.29) is 29.4 Å². The Balaban J connectivity index is 0.00000280. The summed E-state index contributed by atoms with van der Waals surface area (Å²) in [5, 5.41) is 6.56. The van der Waals surface area contributed by atoms with Crippen LogP contribution in [0.25, 0.3) is 0 Å². The first-order chi connectivity index (χ1) is 13.1. The first-order valence-corrected chi connectivity index (χ1v) is 10.7. The molecular formula is C21H29ClIN3OS. The summed E-state index contributed by atoms with van der Waals surface area (Å²) >= 11 is 8.36. The Bertz CT molecular complexity index is 748. The largest absolute Gasteiger partial charge is 0.381 e. The zero-order valence-electron chi connectivity index (χ0n) is 16.5. The van der Waals surface area contributed by atoms with Crippen molar-refractivity contribution in [2.24, 2.45) is 4.99 Å². The first kappa shape index (κ1) is 23.4. The fraction of sp³-hybridized carbons (Fsp3) is 0.476. The molecule has 0 spiro atoms. The molecule has 3 rings (SSSR count). The highest BCUT2D eigenvalue weighted by Crippen LogP contribution is 2.38. The zero-order valence-corrected chi connectivity index (χ0v) is 20.4. The number of hydrogen-bond donors (Lipinski definition) is 1. The van der Waals surface area contributed by atoms with Crippen molar-refractivity contribution in [2.45, 2.75) is 24.7 Å².